The van der Waals surface area contributed by atoms with Crippen LogP contribution in [0.25, 0.3) is 0 Å². The highest BCUT2D eigenvalue weighted by Gasteiger charge is 2.30. The van der Waals surface area contributed by atoms with Crippen LogP contribution in [-0.2, 0) is 0 Å². The molecule has 0 spiro atoms. The third-order valence-corrected chi connectivity index (χ3v) is 3.91. The van der Waals surface area contributed by atoms with Gasteiger partial charge in [-0.2, -0.15) is 0 Å². The van der Waals surface area contributed by atoms with Gasteiger partial charge in [0.05, 0.1) is 0 Å². The lowest BCUT2D eigenvalue weighted by Crippen LogP contribution is -2.33. The zero-order chi connectivity index (χ0) is 13.2. The molecule has 19 heavy (non-hydrogen) atoms. The van der Waals surface area contributed by atoms with Crippen molar-refractivity contribution in [3.8, 4) is 0 Å². The summed E-state index contributed by atoms with van der Waals surface area (Å²) in [7, 11) is 0. The zero-order valence-electron chi connectivity index (χ0n) is 10.4. The highest BCUT2D eigenvalue weighted by Crippen LogP contribution is 2.38. The molecule has 0 saturated heterocycles. The summed E-state index contributed by atoms with van der Waals surface area (Å²) < 4.78 is 12.8. The molecule has 2 aromatic carbocycles. The molecule has 3 rings (SSSR count). The van der Waals surface area contributed by atoms with Gasteiger partial charge in [0, 0.05) is 16.8 Å². The Labute approximate surface area is 117 Å². The van der Waals surface area contributed by atoms with E-state index in [1.165, 1.54) is 17.7 Å². The first-order chi connectivity index (χ1) is 9.20. The first-order valence-electron chi connectivity index (χ1n) is 6.48. The molecule has 1 aliphatic rings. The normalized spacial score (nSPS) is 21.8. The molecule has 1 fully saturated rings. The van der Waals surface area contributed by atoms with E-state index in [1.54, 1.807) is 0 Å². The molecule has 0 heterocycles. The average Bonchev–Trinajstić information content (AvgIpc) is 2.35. The predicted molar refractivity (Wildman–Crippen MR) is 77.2 cm³/mol. The molecule has 0 atom stereocenters. The van der Waals surface area contributed by atoms with E-state index in [2.05, 4.69) is 5.32 Å². The van der Waals surface area contributed by atoms with Crippen LogP contribution in [0.1, 0.15) is 24.3 Å². The molecule has 98 valence electrons. The van der Waals surface area contributed by atoms with Gasteiger partial charge in [-0.3, -0.25) is 0 Å². The van der Waals surface area contributed by atoms with Gasteiger partial charge < -0.3 is 5.32 Å². The third kappa shape index (κ3) is 2.90. The standard InChI is InChI=1S/C16H15ClFN/c17-13-2-1-3-15(10-13)19-16-8-12(9-16)11-4-6-14(18)7-5-11/h1-7,10,12,16,19H,8-9H2. The Balaban J connectivity index is 1.57. The van der Waals surface area contributed by atoms with Crippen LogP contribution in [-0.4, -0.2) is 6.04 Å². The Morgan fingerprint density at radius 1 is 1.05 bits per heavy atom. The number of anilines is 1. The minimum absolute atomic E-state index is 0.170. The fraction of sp³-hybridized carbons (Fsp3) is 0.250. The van der Waals surface area contributed by atoms with E-state index < -0.39 is 0 Å². The first-order valence-corrected chi connectivity index (χ1v) is 6.86. The van der Waals surface area contributed by atoms with Crippen molar-refractivity contribution in [2.75, 3.05) is 5.32 Å². The van der Waals surface area contributed by atoms with Crippen LogP contribution in [0.3, 0.4) is 0 Å². The lowest BCUT2D eigenvalue weighted by molar-refractivity contribution is 0.374. The lowest BCUT2D eigenvalue weighted by atomic mass is 9.76. The van der Waals surface area contributed by atoms with Crippen LogP contribution in [0.5, 0.6) is 0 Å². The quantitative estimate of drug-likeness (QED) is 0.845. The van der Waals surface area contributed by atoms with Gasteiger partial charge in [-0.1, -0.05) is 29.8 Å². The Bertz CT molecular complexity index is 561. The van der Waals surface area contributed by atoms with Crippen LogP contribution in [0.2, 0.25) is 5.02 Å². The average molecular weight is 276 g/mol. The van der Waals surface area contributed by atoms with Crippen LogP contribution in [0.15, 0.2) is 48.5 Å². The van der Waals surface area contributed by atoms with Crippen LogP contribution in [0.4, 0.5) is 10.1 Å². The first kappa shape index (κ1) is 12.5. The highest BCUT2D eigenvalue weighted by atomic mass is 35.5. The fourth-order valence-electron chi connectivity index (χ4n) is 2.56. The minimum Gasteiger partial charge on any atom is -0.382 e. The Kier molecular flexibility index (Phi) is 3.43. The summed E-state index contributed by atoms with van der Waals surface area (Å²) in [6.07, 6.45) is 2.16. The second kappa shape index (κ2) is 5.22. The molecule has 0 bridgehead atoms. The molecule has 3 heteroatoms. The third-order valence-electron chi connectivity index (χ3n) is 3.67. The molecular weight excluding hydrogens is 261 g/mol. The van der Waals surface area contributed by atoms with Gasteiger partial charge in [-0.25, -0.2) is 4.39 Å². The van der Waals surface area contributed by atoms with Crippen LogP contribution < -0.4 is 5.32 Å². The summed E-state index contributed by atoms with van der Waals surface area (Å²) in [5.74, 6) is 0.369. The maximum atomic E-state index is 12.8. The maximum Gasteiger partial charge on any atom is 0.123 e. The molecule has 2 aromatic rings. The summed E-state index contributed by atoms with van der Waals surface area (Å²) in [5, 5.41) is 4.22. The van der Waals surface area contributed by atoms with Gasteiger partial charge in [0.25, 0.3) is 0 Å². The van der Waals surface area contributed by atoms with Crippen molar-refractivity contribution in [2.45, 2.75) is 24.8 Å². The van der Waals surface area contributed by atoms with Crippen molar-refractivity contribution < 1.29 is 4.39 Å². The highest BCUT2D eigenvalue weighted by molar-refractivity contribution is 6.30. The monoisotopic (exact) mass is 275 g/mol. The van der Waals surface area contributed by atoms with Gasteiger partial charge in [0.15, 0.2) is 0 Å². The molecule has 1 N–H and O–H groups in total. The van der Waals surface area contributed by atoms with Crippen molar-refractivity contribution in [2.24, 2.45) is 0 Å². The van der Waals surface area contributed by atoms with Crippen LogP contribution in [0, 0.1) is 5.82 Å². The second-order valence-electron chi connectivity index (χ2n) is 5.07. The Morgan fingerprint density at radius 2 is 1.79 bits per heavy atom. The van der Waals surface area contributed by atoms with Gasteiger partial charge in [0.2, 0.25) is 0 Å². The summed E-state index contributed by atoms with van der Waals surface area (Å²) in [6.45, 7) is 0. The van der Waals surface area contributed by atoms with Crippen molar-refractivity contribution >= 4 is 17.3 Å². The van der Waals surface area contributed by atoms with Crippen molar-refractivity contribution in [1.82, 2.24) is 0 Å². The minimum atomic E-state index is -0.170. The number of hydrogen-bond donors (Lipinski definition) is 1. The lowest BCUT2D eigenvalue weighted by Gasteiger charge is -2.37. The van der Waals surface area contributed by atoms with Crippen molar-refractivity contribution in [1.29, 1.82) is 0 Å². The van der Waals surface area contributed by atoms with Crippen molar-refractivity contribution in [3.63, 3.8) is 0 Å². The zero-order valence-corrected chi connectivity index (χ0v) is 11.2. The van der Waals surface area contributed by atoms with Gasteiger partial charge >= 0.3 is 0 Å². The predicted octanol–water partition coefficient (Wildman–Crippen LogP) is 4.84. The summed E-state index contributed by atoms with van der Waals surface area (Å²) in [5.41, 5.74) is 2.29. The SMILES string of the molecule is Fc1ccc(C2CC(Nc3cccc(Cl)c3)C2)cc1. The number of nitrogens with one attached hydrogen (secondary N) is 1. The number of benzene rings is 2. The molecule has 1 aliphatic carbocycles. The molecule has 0 aliphatic heterocycles. The molecule has 1 saturated carbocycles. The van der Waals surface area contributed by atoms with E-state index in [0.29, 0.717) is 12.0 Å². The van der Waals surface area contributed by atoms with Gasteiger partial charge in [0.1, 0.15) is 5.82 Å². The fourth-order valence-corrected chi connectivity index (χ4v) is 2.75. The number of hydrogen-bond acceptors (Lipinski definition) is 1. The van der Waals surface area contributed by atoms with E-state index in [-0.39, 0.29) is 5.82 Å². The maximum absolute atomic E-state index is 12.8. The second-order valence-corrected chi connectivity index (χ2v) is 5.51. The summed E-state index contributed by atoms with van der Waals surface area (Å²) in [6, 6.07) is 15.1. The van der Waals surface area contributed by atoms with E-state index in [0.717, 1.165) is 23.6 Å². The van der Waals surface area contributed by atoms with Gasteiger partial charge in [-0.05, 0) is 54.7 Å². The molecule has 1 nitrogen and oxygen atoms in total. The molecule has 0 amide bonds. The smallest absolute Gasteiger partial charge is 0.123 e. The molecule has 0 unspecified atom stereocenters. The van der Waals surface area contributed by atoms with E-state index in [1.807, 2.05) is 36.4 Å². The number of rotatable bonds is 3. The molecular formula is C16H15ClFN. The summed E-state index contributed by atoms with van der Waals surface area (Å²) in [4.78, 5) is 0. The van der Waals surface area contributed by atoms with Crippen molar-refractivity contribution in [3.05, 3.63) is 64.9 Å². The topological polar surface area (TPSA) is 12.0 Å². The molecule has 0 radical (unpaired) electrons. The largest absolute Gasteiger partial charge is 0.382 e. The Morgan fingerprint density at radius 3 is 2.47 bits per heavy atom. The van der Waals surface area contributed by atoms with E-state index in [9.17, 15) is 4.39 Å². The number of halogens is 2. The molecule has 0 aromatic heterocycles. The van der Waals surface area contributed by atoms with Crippen LogP contribution >= 0.6 is 11.6 Å². The van der Waals surface area contributed by atoms with Gasteiger partial charge in [-0.15, -0.1) is 0 Å². The summed E-state index contributed by atoms with van der Waals surface area (Å²) >= 11 is 5.95. The Hall–Kier alpha value is -1.54. The van der Waals surface area contributed by atoms with E-state index >= 15 is 0 Å². The van der Waals surface area contributed by atoms with E-state index in [4.69, 9.17) is 11.6 Å².